The van der Waals surface area contributed by atoms with Crippen molar-refractivity contribution in [3.63, 3.8) is 0 Å². The Bertz CT molecular complexity index is 1560. The van der Waals surface area contributed by atoms with Gasteiger partial charge in [0, 0.05) is 63.3 Å². The first-order valence-electron chi connectivity index (χ1n) is 12.2. The lowest BCUT2D eigenvalue weighted by atomic mass is 10.1. The quantitative estimate of drug-likeness (QED) is 0.432. The largest absolute Gasteiger partial charge is 0.444 e. The average Bonchev–Trinajstić information content (AvgIpc) is 3.39. The van der Waals surface area contributed by atoms with E-state index in [2.05, 4.69) is 15.4 Å². The Labute approximate surface area is 217 Å². The third-order valence-corrected chi connectivity index (χ3v) is 6.21. The van der Waals surface area contributed by atoms with Gasteiger partial charge in [-0.15, -0.1) is 0 Å². The van der Waals surface area contributed by atoms with Crippen molar-refractivity contribution in [2.75, 3.05) is 36.4 Å². The molecule has 0 radical (unpaired) electrons. The van der Waals surface area contributed by atoms with Gasteiger partial charge in [0.15, 0.2) is 11.5 Å². The summed E-state index contributed by atoms with van der Waals surface area (Å²) in [5.41, 5.74) is 1.03. The molecule has 1 aliphatic rings. The monoisotopic (exact) mass is 525 g/mol. The number of rotatable bonds is 3. The highest BCUT2D eigenvalue weighted by Crippen LogP contribution is 2.33. The van der Waals surface area contributed by atoms with Gasteiger partial charge >= 0.3 is 6.09 Å². The van der Waals surface area contributed by atoms with Gasteiger partial charge in [0.1, 0.15) is 16.9 Å². The van der Waals surface area contributed by atoms with Gasteiger partial charge in [0.25, 0.3) is 5.91 Å². The minimum Gasteiger partial charge on any atom is -0.444 e. The van der Waals surface area contributed by atoms with Crippen molar-refractivity contribution in [3.05, 3.63) is 53.6 Å². The van der Waals surface area contributed by atoms with Gasteiger partial charge in [-0.25, -0.2) is 18.6 Å². The van der Waals surface area contributed by atoms with Crippen LogP contribution in [0.2, 0.25) is 0 Å². The third kappa shape index (κ3) is 4.85. The number of nitrogens with zero attached hydrogens (tertiary/aromatic N) is 6. The minimum absolute atomic E-state index is 0.0246. The van der Waals surface area contributed by atoms with Crippen LogP contribution in [-0.2, 0) is 11.8 Å². The second-order valence-electron chi connectivity index (χ2n) is 10.4. The molecule has 0 bridgehead atoms. The summed E-state index contributed by atoms with van der Waals surface area (Å²) in [7, 11) is 1.69. The number of ether oxygens (including phenoxy) is 1. The first-order chi connectivity index (χ1) is 17.9. The smallest absolute Gasteiger partial charge is 0.410 e. The highest BCUT2D eigenvalue weighted by atomic mass is 19.1. The maximum atomic E-state index is 15.6. The molecule has 4 aromatic rings. The summed E-state index contributed by atoms with van der Waals surface area (Å²) in [5.74, 6) is -1.80. The third-order valence-electron chi connectivity index (χ3n) is 6.21. The lowest BCUT2D eigenvalue weighted by Crippen LogP contribution is -2.50. The standard InChI is InChI=1S/C26H29F2N7O3/c1-15-12-35-13-16(10-20(28)23(35)29-15)30-24(36)17-11-19(27)22(18-14-32(5)31-21(17)18)33-6-8-34(9-7-33)25(37)38-26(2,3)4/h10-14H,6-9H2,1-5H3,(H,30,36). The average molecular weight is 526 g/mol. The number of nitrogens with one attached hydrogen (secondary N) is 1. The molecule has 1 saturated heterocycles. The van der Waals surface area contributed by atoms with Crippen molar-refractivity contribution >= 4 is 39.9 Å². The highest BCUT2D eigenvalue weighted by Gasteiger charge is 2.29. The zero-order valence-corrected chi connectivity index (χ0v) is 21.9. The number of hydrogen-bond donors (Lipinski definition) is 1. The second kappa shape index (κ2) is 9.26. The van der Waals surface area contributed by atoms with Crippen molar-refractivity contribution in [2.24, 2.45) is 7.05 Å². The van der Waals surface area contributed by atoms with Crippen LogP contribution in [0.1, 0.15) is 36.8 Å². The Hall–Kier alpha value is -4.22. The van der Waals surface area contributed by atoms with Gasteiger partial charge in [-0.05, 0) is 33.8 Å². The van der Waals surface area contributed by atoms with Crippen LogP contribution in [0.5, 0.6) is 0 Å². The van der Waals surface area contributed by atoms with Crippen molar-refractivity contribution in [1.29, 1.82) is 0 Å². The van der Waals surface area contributed by atoms with E-state index >= 15 is 4.39 Å². The zero-order chi connectivity index (χ0) is 27.4. The summed E-state index contributed by atoms with van der Waals surface area (Å²) in [4.78, 5) is 33.2. The fraction of sp³-hybridized carbons (Fsp3) is 0.385. The van der Waals surface area contributed by atoms with Crippen LogP contribution in [0.3, 0.4) is 0 Å². The number of amides is 2. The number of aryl methyl sites for hydroxylation is 2. The first kappa shape index (κ1) is 25.4. The summed E-state index contributed by atoms with van der Waals surface area (Å²) in [5, 5.41) is 7.53. The van der Waals surface area contributed by atoms with E-state index in [9.17, 15) is 14.0 Å². The number of hydrogen-bond acceptors (Lipinski definition) is 6. The molecule has 10 nitrogen and oxygen atoms in total. The molecule has 1 fully saturated rings. The number of aromatic nitrogens is 4. The van der Waals surface area contributed by atoms with E-state index in [0.29, 0.717) is 48.5 Å². The molecule has 38 heavy (non-hydrogen) atoms. The normalized spacial score (nSPS) is 14.4. The predicted octanol–water partition coefficient (Wildman–Crippen LogP) is 4.12. The van der Waals surface area contributed by atoms with E-state index in [4.69, 9.17) is 4.74 Å². The number of piperazine rings is 1. The van der Waals surface area contributed by atoms with E-state index < -0.39 is 29.2 Å². The number of halogens is 2. The number of imidazole rings is 1. The molecule has 4 heterocycles. The number of anilines is 2. The Kier molecular flexibility index (Phi) is 6.20. The summed E-state index contributed by atoms with van der Waals surface area (Å²) < 4.78 is 38.5. The lowest BCUT2D eigenvalue weighted by Gasteiger charge is -2.37. The van der Waals surface area contributed by atoms with E-state index in [0.717, 1.165) is 6.07 Å². The van der Waals surface area contributed by atoms with Crippen LogP contribution in [0.25, 0.3) is 16.6 Å². The van der Waals surface area contributed by atoms with Crippen LogP contribution in [0, 0.1) is 18.6 Å². The summed E-state index contributed by atoms with van der Waals surface area (Å²) >= 11 is 0. The number of benzene rings is 1. The molecule has 3 aromatic heterocycles. The van der Waals surface area contributed by atoms with Crippen LogP contribution in [0.15, 0.2) is 30.7 Å². The van der Waals surface area contributed by atoms with E-state index in [1.165, 1.54) is 15.1 Å². The van der Waals surface area contributed by atoms with Crippen LogP contribution in [0.4, 0.5) is 25.0 Å². The van der Waals surface area contributed by atoms with E-state index in [-0.39, 0.29) is 16.9 Å². The van der Waals surface area contributed by atoms with Gasteiger partial charge in [-0.3, -0.25) is 9.48 Å². The van der Waals surface area contributed by atoms with Crippen LogP contribution in [-0.4, -0.2) is 67.8 Å². The van der Waals surface area contributed by atoms with Crippen molar-refractivity contribution in [3.8, 4) is 0 Å². The molecule has 0 spiro atoms. The molecule has 0 atom stereocenters. The van der Waals surface area contributed by atoms with Crippen LogP contribution >= 0.6 is 0 Å². The number of fused-ring (bicyclic) bond motifs is 2. The minimum atomic E-state index is -0.621. The molecule has 1 aliphatic heterocycles. The van der Waals surface area contributed by atoms with Gasteiger partial charge in [0.2, 0.25) is 0 Å². The maximum absolute atomic E-state index is 15.6. The second-order valence-corrected chi connectivity index (χ2v) is 10.4. The number of carbonyl (C=O) groups is 2. The van der Waals surface area contributed by atoms with Crippen molar-refractivity contribution < 1.29 is 23.1 Å². The van der Waals surface area contributed by atoms with Gasteiger partial charge in [0.05, 0.1) is 22.6 Å². The fourth-order valence-electron chi connectivity index (χ4n) is 4.63. The Morgan fingerprint density at radius 1 is 1.03 bits per heavy atom. The Morgan fingerprint density at radius 2 is 1.74 bits per heavy atom. The lowest BCUT2D eigenvalue weighted by molar-refractivity contribution is 0.0240. The molecule has 1 aromatic carbocycles. The molecule has 0 aliphatic carbocycles. The first-order valence-corrected chi connectivity index (χ1v) is 12.2. The molecular weight excluding hydrogens is 496 g/mol. The van der Waals surface area contributed by atoms with Crippen molar-refractivity contribution in [1.82, 2.24) is 24.1 Å². The Balaban J connectivity index is 1.41. The van der Waals surface area contributed by atoms with E-state index in [1.54, 1.807) is 58.2 Å². The molecule has 200 valence electrons. The van der Waals surface area contributed by atoms with Crippen LogP contribution < -0.4 is 10.2 Å². The molecule has 2 amide bonds. The van der Waals surface area contributed by atoms with Crippen molar-refractivity contribution in [2.45, 2.75) is 33.3 Å². The zero-order valence-electron chi connectivity index (χ0n) is 21.9. The fourth-order valence-corrected chi connectivity index (χ4v) is 4.63. The molecule has 1 N–H and O–H groups in total. The maximum Gasteiger partial charge on any atom is 0.410 e. The molecular formula is C26H29F2N7O3. The summed E-state index contributed by atoms with van der Waals surface area (Å²) in [6.45, 7) is 8.65. The molecule has 0 unspecified atom stereocenters. The highest BCUT2D eigenvalue weighted by molar-refractivity contribution is 6.14. The number of carbonyl (C=O) groups excluding carboxylic acids is 2. The summed E-state index contributed by atoms with van der Waals surface area (Å²) in [6.07, 6.45) is 4.44. The summed E-state index contributed by atoms with van der Waals surface area (Å²) in [6, 6.07) is 2.32. The Morgan fingerprint density at radius 3 is 2.42 bits per heavy atom. The molecule has 12 heteroatoms. The number of pyridine rings is 1. The van der Waals surface area contributed by atoms with Gasteiger partial charge < -0.3 is 24.3 Å². The topological polar surface area (TPSA) is 97.0 Å². The van der Waals surface area contributed by atoms with Gasteiger partial charge in [-0.1, -0.05) is 0 Å². The SMILES string of the molecule is Cc1cn2cc(NC(=O)c3cc(F)c(N4CCN(C(=O)OC(C)(C)C)CC4)c4cn(C)nc34)cc(F)c2n1. The van der Waals surface area contributed by atoms with E-state index in [1.807, 2.05) is 4.90 Å². The predicted molar refractivity (Wildman–Crippen MR) is 139 cm³/mol. The molecule has 5 rings (SSSR count). The van der Waals surface area contributed by atoms with Gasteiger partial charge in [-0.2, -0.15) is 5.10 Å². The molecule has 0 saturated carbocycles.